The van der Waals surface area contributed by atoms with E-state index in [2.05, 4.69) is 20.7 Å². The van der Waals surface area contributed by atoms with Crippen LogP contribution in [0.1, 0.15) is 16.1 Å². The van der Waals surface area contributed by atoms with Crippen LogP contribution in [0.5, 0.6) is 5.75 Å². The van der Waals surface area contributed by atoms with E-state index in [-0.39, 0.29) is 17.3 Å². The molecule has 1 aromatic heterocycles. The fraction of sp³-hybridized carbons (Fsp3) is 0. The van der Waals surface area contributed by atoms with E-state index >= 15 is 0 Å². The van der Waals surface area contributed by atoms with Crippen molar-refractivity contribution >= 4 is 12.1 Å². The number of para-hydroxylation sites is 1. The third-order valence-corrected chi connectivity index (χ3v) is 3.27. The average Bonchev–Trinajstić information content (AvgIpc) is 3.07. The van der Waals surface area contributed by atoms with Crippen LogP contribution < -0.4 is 5.43 Å². The van der Waals surface area contributed by atoms with Crippen molar-refractivity contribution in [3.05, 3.63) is 71.7 Å². The molecule has 3 N–H and O–H groups in total. The minimum Gasteiger partial charge on any atom is -0.507 e. The van der Waals surface area contributed by atoms with Crippen LogP contribution in [0.2, 0.25) is 0 Å². The maximum absolute atomic E-state index is 12.9. The molecule has 6 nitrogen and oxygen atoms in total. The lowest BCUT2D eigenvalue weighted by Gasteiger charge is -1.98. The Balaban J connectivity index is 1.68. The number of halogens is 1. The van der Waals surface area contributed by atoms with Gasteiger partial charge in [0.1, 0.15) is 17.3 Å². The van der Waals surface area contributed by atoms with Crippen molar-refractivity contribution < 1.29 is 14.3 Å². The molecule has 24 heavy (non-hydrogen) atoms. The van der Waals surface area contributed by atoms with Gasteiger partial charge in [-0.15, -0.1) is 0 Å². The first-order chi connectivity index (χ1) is 11.6. The number of benzene rings is 2. The first kappa shape index (κ1) is 15.4. The molecule has 0 spiro atoms. The summed E-state index contributed by atoms with van der Waals surface area (Å²) in [5.74, 6) is -0.760. The van der Waals surface area contributed by atoms with Crippen LogP contribution >= 0.6 is 0 Å². The van der Waals surface area contributed by atoms with Gasteiger partial charge in [0.05, 0.1) is 11.9 Å². The monoisotopic (exact) mass is 324 g/mol. The molecule has 2 aromatic carbocycles. The van der Waals surface area contributed by atoms with Gasteiger partial charge in [-0.05, 0) is 42.5 Å². The number of phenols is 1. The molecule has 3 rings (SSSR count). The summed E-state index contributed by atoms with van der Waals surface area (Å²) in [5.41, 5.74) is 4.23. The van der Waals surface area contributed by atoms with E-state index in [1.807, 2.05) is 0 Å². The number of aromatic nitrogens is 2. The topological polar surface area (TPSA) is 90.4 Å². The van der Waals surface area contributed by atoms with Gasteiger partial charge in [-0.2, -0.15) is 10.2 Å². The molecule has 0 saturated heterocycles. The predicted molar refractivity (Wildman–Crippen MR) is 87.1 cm³/mol. The van der Waals surface area contributed by atoms with Crippen molar-refractivity contribution in [3.63, 3.8) is 0 Å². The molecule has 120 valence electrons. The minimum absolute atomic E-state index is 0.0654. The highest BCUT2D eigenvalue weighted by atomic mass is 19.1. The van der Waals surface area contributed by atoms with Gasteiger partial charge in [-0.3, -0.25) is 9.89 Å². The molecular formula is C17H13FN4O2. The van der Waals surface area contributed by atoms with Gasteiger partial charge in [-0.1, -0.05) is 12.1 Å². The highest BCUT2D eigenvalue weighted by Gasteiger charge is 2.10. The highest BCUT2D eigenvalue weighted by molar-refractivity contribution is 5.94. The lowest BCUT2D eigenvalue weighted by Crippen LogP contribution is -2.18. The Morgan fingerprint density at radius 1 is 1.21 bits per heavy atom. The third kappa shape index (κ3) is 3.46. The van der Waals surface area contributed by atoms with Gasteiger partial charge in [0.2, 0.25) is 0 Å². The SMILES string of the molecule is O=C(NN=Cc1ccccc1O)c1cc(-c2ccc(F)cc2)n[nH]1. The van der Waals surface area contributed by atoms with Gasteiger partial charge in [0.25, 0.3) is 5.91 Å². The van der Waals surface area contributed by atoms with Crippen LogP contribution in [-0.4, -0.2) is 27.4 Å². The van der Waals surface area contributed by atoms with Crippen LogP contribution in [0, 0.1) is 5.82 Å². The van der Waals surface area contributed by atoms with E-state index < -0.39 is 5.91 Å². The third-order valence-electron chi connectivity index (χ3n) is 3.27. The second kappa shape index (κ2) is 6.74. The smallest absolute Gasteiger partial charge is 0.289 e. The normalized spacial score (nSPS) is 10.9. The second-order valence-corrected chi connectivity index (χ2v) is 4.93. The number of carbonyl (C=O) groups is 1. The predicted octanol–water partition coefficient (Wildman–Crippen LogP) is 2.69. The fourth-order valence-corrected chi connectivity index (χ4v) is 2.02. The number of hydrogen-bond donors (Lipinski definition) is 3. The van der Waals surface area contributed by atoms with Crippen LogP contribution in [0.4, 0.5) is 4.39 Å². The molecule has 0 saturated carbocycles. The van der Waals surface area contributed by atoms with Gasteiger partial charge in [-0.25, -0.2) is 9.82 Å². The lowest BCUT2D eigenvalue weighted by atomic mass is 10.1. The maximum Gasteiger partial charge on any atom is 0.289 e. The summed E-state index contributed by atoms with van der Waals surface area (Å²) in [6, 6.07) is 13.9. The minimum atomic E-state index is -0.484. The number of nitrogens with one attached hydrogen (secondary N) is 2. The number of rotatable bonds is 4. The van der Waals surface area contributed by atoms with E-state index in [0.717, 1.165) is 0 Å². The number of amides is 1. The second-order valence-electron chi connectivity index (χ2n) is 4.93. The maximum atomic E-state index is 12.9. The van der Waals surface area contributed by atoms with Crippen LogP contribution in [0.25, 0.3) is 11.3 Å². The van der Waals surface area contributed by atoms with Crippen LogP contribution in [0.3, 0.4) is 0 Å². The quantitative estimate of drug-likeness (QED) is 0.509. The molecular weight excluding hydrogens is 311 g/mol. The number of hydrazone groups is 1. The molecule has 0 aliphatic carbocycles. The van der Waals surface area contributed by atoms with Gasteiger partial charge < -0.3 is 5.11 Å². The highest BCUT2D eigenvalue weighted by Crippen LogP contribution is 2.18. The molecule has 1 heterocycles. The lowest BCUT2D eigenvalue weighted by molar-refractivity contribution is 0.0950. The van der Waals surface area contributed by atoms with Gasteiger partial charge >= 0.3 is 0 Å². The van der Waals surface area contributed by atoms with E-state index in [0.29, 0.717) is 16.8 Å². The zero-order valence-corrected chi connectivity index (χ0v) is 12.4. The van der Waals surface area contributed by atoms with Gasteiger partial charge in [0.15, 0.2) is 0 Å². The Hall–Kier alpha value is -3.48. The van der Waals surface area contributed by atoms with Crippen molar-refractivity contribution in [2.24, 2.45) is 5.10 Å². The van der Waals surface area contributed by atoms with Crippen molar-refractivity contribution in [1.82, 2.24) is 15.6 Å². The first-order valence-corrected chi connectivity index (χ1v) is 7.06. The number of aromatic hydroxyl groups is 1. The molecule has 1 amide bonds. The Morgan fingerprint density at radius 3 is 2.71 bits per heavy atom. The molecule has 0 radical (unpaired) electrons. The molecule has 0 unspecified atom stereocenters. The molecule has 3 aromatic rings. The van der Waals surface area contributed by atoms with E-state index in [4.69, 9.17) is 0 Å². The molecule has 0 fully saturated rings. The van der Waals surface area contributed by atoms with Crippen LogP contribution in [-0.2, 0) is 0 Å². The number of phenolic OH excluding ortho intramolecular Hbond substituents is 1. The van der Waals surface area contributed by atoms with Crippen molar-refractivity contribution in [1.29, 1.82) is 0 Å². The fourth-order valence-electron chi connectivity index (χ4n) is 2.02. The number of H-pyrrole nitrogens is 1. The Labute approximate surface area is 136 Å². The number of nitrogens with zero attached hydrogens (tertiary/aromatic N) is 2. The molecule has 0 atom stereocenters. The van der Waals surface area contributed by atoms with Gasteiger partial charge in [0, 0.05) is 11.1 Å². The molecule has 7 heteroatoms. The van der Waals surface area contributed by atoms with E-state index in [1.165, 1.54) is 30.5 Å². The Bertz CT molecular complexity index is 888. The van der Waals surface area contributed by atoms with Crippen LogP contribution in [0.15, 0.2) is 59.7 Å². The zero-order chi connectivity index (χ0) is 16.9. The summed E-state index contributed by atoms with van der Waals surface area (Å²) in [4.78, 5) is 12.0. The first-order valence-electron chi connectivity index (χ1n) is 7.06. The Morgan fingerprint density at radius 2 is 1.96 bits per heavy atom. The number of carbonyl (C=O) groups excluding carboxylic acids is 1. The van der Waals surface area contributed by atoms with Crippen molar-refractivity contribution in [3.8, 4) is 17.0 Å². The average molecular weight is 324 g/mol. The standard InChI is InChI=1S/C17H13FN4O2/c18-13-7-5-11(6-8-13)14-9-15(21-20-14)17(24)22-19-10-12-3-1-2-4-16(12)23/h1-10,23H,(H,20,21)(H,22,24). The largest absolute Gasteiger partial charge is 0.507 e. The summed E-state index contributed by atoms with van der Waals surface area (Å²) >= 11 is 0. The van der Waals surface area contributed by atoms with Crippen molar-refractivity contribution in [2.75, 3.05) is 0 Å². The molecule has 0 bridgehead atoms. The molecule has 0 aliphatic rings. The van der Waals surface area contributed by atoms with Crippen molar-refractivity contribution in [2.45, 2.75) is 0 Å². The summed E-state index contributed by atoms with van der Waals surface area (Å²) < 4.78 is 12.9. The summed E-state index contributed by atoms with van der Waals surface area (Å²) in [6.07, 6.45) is 1.34. The summed E-state index contributed by atoms with van der Waals surface area (Å²) in [6.45, 7) is 0. The summed E-state index contributed by atoms with van der Waals surface area (Å²) in [7, 11) is 0. The number of aromatic amines is 1. The Kier molecular flexibility index (Phi) is 4.33. The molecule has 0 aliphatic heterocycles. The van der Waals surface area contributed by atoms with E-state index in [9.17, 15) is 14.3 Å². The summed E-state index contributed by atoms with van der Waals surface area (Å²) in [5, 5.41) is 20.0. The zero-order valence-electron chi connectivity index (χ0n) is 12.4. The number of hydrogen-bond acceptors (Lipinski definition) is 4. The van der Waals surface area contributed by atoms with E-state index in [1.54, 1.807) is 30.3 Å².